The Morgan fingerprint density at radius 1 is 1.06 bits per heavy atom. The van der Waals surface area contributed by atoms with Crippen LogP contribution in [0.25, 0.3) is 0 Å². The Morgan fingerprint density at radius 3 is 2.29 bits per heavy atom. The Bertz CT molecular complexity index is 1010. The number of nitrogens with zero attached hydrogens (tertiary/aromatic N) is 1. The van der Waals surface area contributed by atoms with E-state index < -0.39 is 34.4 Å². The number of sulfonamides is 1. The van der Waals surface area contributed by atoms with Crippen LogP contribution in [-0.2, 0) is 24.3 Å². The summed E-state index contributed by atoms with van der Waals surface area (Å²) in [7, 11) is -3.71. The van der Waals surface area contributed by atoms with Crippen molar-refractivity contribution < 1.29 is 22.7 Å². The van der Waals surface area contributed by atoms with Gasteiger partial charge in [0.05, 0.1) is 21.5 Å². The van der Waals surface area contributed by atoms with Gasteiger partial charge in [0.15, 0.2) is 6.61 Å². The molecule has 168 valence electrons. The highest BCUT2D eigenvalue weighted by molar-refractivity contribution is 7.89. The Balaban J connectivity index is 2.08. The molecule has 9 heteroatoms. The molecule has 7 nitrogen and oxygen atoms in total. The molecule has 2 rings (SSSR count). The number of ether oxygens (including phenoxy) is 1. The van der Waals surface area contributed by atoms with Crippen molar-refractivity contribution >= 4 is 39.2 Å². The molecule has 0 heterocycles. The highest BCUT2D eigenvalue weighted by atomic mass is 35.5. The smallest absolute Gasteiger partial charge is 0.313 e. The van der Waals surface area contributed by atoms with Crippen molar-refractivity contribution in [3.63, 3.8) is 0 Å². The summed E-state index contributed by atoms with van der Waals surface area (Å²) in [6.45, 7) is 5.48. The van der Waals surface area contributed by atoms with E-state index in [1.807, 2.05) is 37.3 Å². The van der Waals surface area contributed by atoms with Crippen molar-refractivity contribution in [3.05, 3.63) is 59.1 Å². The van der Waals surface area contributed by atoms with Crippen LogP contribution in [0.15, 0.2) is 53.4 Å². The largest absolute Gasteiger partial charge is 0.455 e. The predicted octanol–water partition coefficient (Wildman–Crippen LogP) is 4.05. The van der Waals surface area contributed by atoms with Gasteiger partial charge in [-0.1, -0.05) is 62.7 Å². The van der Waals surface area contributed by atoms with Gasteiger partial charge in [0.2, 0.25) is 10.0 Å². The minimum Gasteiger partial charge on any atom is -0.455 e. The van der Waals surface area contributed by atoms with Gasteiger partial charge in [-0.25, -0.2) is 8.42 Å². The third-order valence-electron chi connectivity index (χ3n) is 4.80. The molecule has 0 aliphatic carbocycles. The quantitative estimate of drug-likeness (QED) is 0.533. The van der Waals surface area contributed by atoms with E-state index in [2.05, 4.69) is 5.32 Å². The van der Waals surface area contributed by atoms with E-state index in [1.54, 1.807) is 13.8 Å². The van der Waals surface area contributed by atoms with E-state index in [4.69, 9.17) is 16.3 Å². The zero-order valence-corrected chi connectivity index (χ0v) is 19.4. The predicted molar refractivity (Wildman–Crippen MR) is 121 cm³/mol. The summed E-state index contributed by atoms with van der Waals surface area (Å²) in [5.41, 5.74) is 0.943. The van der Waals surface area contributed by atoms with Crippen LogP contribution in [0.4, 0.5) is 5.69 Å². The van der Waals surface area contributed by atoms with Gasteiger partial charge in [-0.3, -0.25) is 9.59 Å². The third-order valence-corrected chi connectivity index (χ3v) is 7.17. The molecule has 0 aromatic heterocycles. The normalized spacial score (nSPS) is 12.4. The lowest BCUT2D eigenvalue weighted by atomic mass is 9.97. The summed E-state index contributed by atoms with van der Waals surface area (Å²) in [5, 5.41) is 2.69. The average Bonchev–Trinajstić information content (AvgIpc) is 2.75. The number of carbonyl (C=O) groups excluding carboxylic acids is 2. The Hall–Kier alpha value is -2.42. The Kier molecular flexibility index (Phi) is 9.03. The summed E-state index contributed by atoms with van der Waals surface area (Å²) in [5.74, 6) is -1.59. The molecule has 0 saturated heterocycles. The van der Waals surface area contributed by atoms with Gasteiger partial charge in [0.25, 0.3) is 5.91 Å². The second-order valence-electron chi connectivity index (χ2n) is 6.76. The second-order valence-corrected chi connectivity index (χ2v) is 9.10. The van der Waals surface area contributed by atoms with Gasteiger partial charge < -0.3 is 10.1 Å². The number of esters is 1. The molecule has 0 spiro atoms. The van der Waals surface area contributed by atoms with Crippen molar-refractivity contribution in [1.29, 1.82) is 0 Å². The lowest BCUT2D eigenvalue weighted by molar-refractivity contribution is -0.149. The van der Waals surface area contributed by atoms with Crippen LogP contribution in [0.2, 0.25) is 5.02 Å². The Morgan fingerprint density at radius 2 is 1.71 bits per heavy atom. The van der Waals surface area contributed by atoms with Crippen molar-refractivity contribution in [2.45, 2.75) is 38.0 Å². The monoisotopic (exact) mass is 466 g/mol. The fourth-order valence-corrected chi connectivity index (χ4v) is 4.77. The molecule has 1 N–H and O–H groups in total. The standard InChI is InChI=1S/C22H27ClN2O5S/c1-4-18(16-10-8-7-9-11-16)22(27)30-15-21(26)24-20-14-17(12-13-19(20)23)31(28,29)25(5-2)6-3/h7-14,18H,4-6,15H2,1-3H3,(H,24,26)/t18-/m0/s1. The maximum atomic E-state index is 12.7. The minimum atomic E-state index is -3.71. The van der Waals surface area contributed by atoms with E-state index in [0.29, 0.717) is 19.5 Å². The first-order chi connectivity index (χ1) is 14.7. The Labute approximate surface area is 188 Å². The highest BCUT2D eigenvalue weighted by Crippen LogP contribution is 2.27. The first-order valence-corrected chi connectivity index (χ1v) is 11.9. The van der Waals surface area contributed by atoms with Gasteiger partial charge in [-0.15, -0.1) is 0 Å². The van der Waals surface area contributed by atoms with Crippen LogP contribution in [0.3, 0.4) is 0 Å². The molecule has 0 aliphatic rings. The van der Waals surface area contributed by atoms with Gasteiger partial charge in [0.1, 0.15) is 0 Å². The van der Waals surface area contributed by atoms with Gasteiger partial charge >= 0.3 is 5.97 Å². The molecule has 0 saturated carbocycles. The fourth-order valence-electron chi connectivity index (χ4n) is 3.12. The fraction of sp³-hybridized carbons (Fsp3) is 0.364. The maximum absolute atomic E-state index is 12.7. The molecule has 1 atom stereocenters. The van der Waals surface area contributed by atoms with Gasteiger partial charge in [-0.05, 0) is 30.2 Å². The molecular formula is C22H27ClN2O5S. The molecule has 2 aromatic rings. The number of nitrogens with one attached hydrogen (secondary N) is 1. The summed E-state index contributed by atoms with van der Waals surface area (Å²) in [6, 6.07) is 13.3. The van der Waals surface area contributed by atoms with Crippen molar-refractivity contribution in [2.75, 3.05) is 25.0 Å². The molecule has 0 bridgehead atoms. The first-order valence-electron chi connectivity index (χ1n) is 10.1. The van der Waals surface area contributed by atoms with Crippen LogP contribution in [0.5, 0.6) is 0 Å². The molecule has 31 heavy (non-hydrogen) atoms. The molecule has 0 aliphatic heterocycles. The molecule has 0 radical (unpaired) electrons. The van der Waals surface area contributed by atoms with Crippen LogP contribution in [-0.4, -0.2) is 44.3 Å². The number of anilines is 1. The number of rotatable bonds is 10. The van der Waals surface area contributed by atoms with Crippen molar-refractivity contribution in [1.82, 2.24) is 4.31 Å². The SMILES string of the molecule is CC[C@H](C(=O)OCC(=O)Nc1cc(S(=O)(=O)N(CC)CC)ccc1Cl)c1ccccc1. The van der Waals surface area contributed by atoms with E-state index in [0.717, 1.165) is 5.56 Å². The van der Waals surface area contributed by atoms with Crippen LogP contribution < -0.4 is 5.32 Å². The average molecular weight is 467 g/mol. The zero-order valence-electron chi connectivity index (χ0n) is 17.8. The van der Waals surface area contributed by atoms with Crippen molar-refractivity contribution in [3.8, 4) is 0 Å². The summed E-state index contributed by atoms with van der Waals surface area (Å²) < 4.78 is 31.9. The molecular weight excluding hydrogens is 440 g/mol. The van der Waals surface area contributed by atoms with Gasteiger partial charge in [-0.2, -0.15) is 4.31 Å². The summed E-state index contributed by atoms with van der Waals surface area (Å²) in [4.78, 5) is 24.7. The van der Waals surface area contributed by atoms with E-state index in [-0.39, 0.29) is 15.6 Å². The summed E-state index contributed by atoms with van der Waals surface area (Å²) in [6.07, 6.45) is 0.529. The molecule has 1 amide bonds. The number of amides is 1. The van der Waals surface area contributed by atoms with Crippen LogP contribution in [0, 0.1) is 0 Å². The first kappa shape index (κ1) is 24.8. The topological polar surface area (TPSA) is 92.8 Å². The highest BCUT2D eigenvalue weighted by Gasteiger charge is 2.24. The third kappa shape index (κ3) is 6.29. The molecule has 0 unspecified atom stereocenters. The van der Waals surface area contributed by atoms with Gasteiger partial charge in [0, 0.05) is 13.1 Å². The number of carbonyl (C=O) groups is 2. The van der Waals surface area contributed by atoms with E-state index in [1.165, 1.54) is 22.5 Å². The number of hydrogen-bond donors (Lipinski definition) is 1. The lowest BCUT2D eigenvalue weighted by Crippen LogP contribution is -2.30. The minimum absolute atomic E-state index is 0.0167. The van der Waals surface area contributed by atoms with E-state index >= 15 is 0 Å². The van der Waals surface area contributed by atoms with Crippen molar-refractivity contribution in [2.24, 2.45) is 0 Å². The van der Waals surface area contributed by atoms with Crippen LogP contribution >= 0.6 is 11.6 Å². The number of hydrogen-bond acceptors (Lipinski definition) is 5. The van der Waals surface area contributed by atoms with Crippen LogP contribution in [0.1, 0.15) is 38.7 Å². The summed E-state index contributed by atoms with van der Waals surface area (Å²) >= 11 is 6.12. The second kappa shape index (κ2) is 11.3. The number of benzene rings is 2. The maximum Gasteiger partial charge on any atom is 0.313 e. The van der Waals surface area contributed by atoms with E-state index in [9.17, 15) is 18.0 Å². The number of halogens is 1. The lowest BCUT2D eigenvalue weighted by Gasteiger charge is -2.19. The molecule has 2 aromatic carbocycles. The zero-order chi connectivity index (χ0) is 23.0. The molecule has 0 fully saturated rings.